The Bertz CT molecular complexity index is 1290. The monoisotopic (exact) mass is 459 g/mol. The van der Waals surface area contributed by atoms with Crippen LogP contribution in [0.25, 0.3) is 10.9 Å². The molecular weight excluding hydrogens is 434 g/mol. The maximum Gasteiger partial charge on any atom is 0.339 e. The van der Waals surface area contributed by atoms with E-state index in [2.05, 4.69) is 11.4 Å². The van der Waals surface area contributed by atoms with E-state index in [1.807, 2.05) is 24.3 Å². The number of pyridine rings is 1. The maximum absolute atomic E-state index is 13.1. The van der Waals surface area contributed by atoms with Crippen LogP contribution in [0.5, 0.6) is 0 Å². The van der Waals surface area contributed by atoms with E-state index in [0.29, 0.717) is 16.1 Å². The minimum atomic E-state index is -0.499. The van der Waals surface area contributed by atoms with E-state index < -0.39 is 18.5 Å². The standard InChI is InChI=1S/C26H25N3O3S/c27-14-19-16-8-3-1-2-4-13-22(16)33-25(19)29-23(30)15-32-26(31)24-17-9-5-6-11-20(17)28-21-12-7-10-18(21)24/h5-6,9,11H,1-4,7-8,10,12-13,15H2,(H,29,30). The molecule has 0 spiro atoms. The molecule has 1 aromatic carbocycles. The van der Waals surface area contributed by atoms with Crippen LogP contribution in [0.4, 0.5) is 5.00 Å². The van der Waals surface area contributed by atoms with Crippen molar-refractivity contribution in [1.82, 2.24) is 4.98 Å². The Morgan fingerprint density at radius 1 is 1.03 bits per heavy atom. The Morgan fingerprint density at radius 2 is 1.82 bits per heavy atom. The largest absolute Gasteiger partial charge is 0.452 e. The number of para-hydroxylation sites is 1. The number of aromatic nitrogens is 1. The topological polar surface area (TPSA) is 92.1 Å². The number of thiophene rings is 1. The molecule has 2 heterocycles. The van der Waals surface area contributed by atoms with Crippen LogP contribution in [0.1, 0.15) is 69.7 Å². The number of amides is 1. The lowest BCUT2D eigenvalue weighted by Crippen LogP contribution is -2.21. The van der Waals surface area contributed by atoms with Gasteiger partial charge in [-0.2, -0.15) is 5.26 Å². The number of nitrogens with one attached hydrogen (secondary N) is 1. The number of nitrogens with zero attached hydrogens (tertiary/aromatic N) is 2. The summed E-state index contributed by atoms with van der Waals surface area (Å²) in [5.41, 5.74) is 4.81. The second kappa shape index (κ2) is 9.32. The Labute approximate surface area is 196 Å². The smallest absolute Gasteiger partial charge is 0.339 e. The van der Waals surface area contributed by atoms with Crippen molar-refractivity contribution >= 4 is 39.1 Å². The lowest BCUT2D eigenvalue weighted by molar-refractivity contribution is -0.119. The molecule has 168 valence electrons. The summed E-state index contributed by atoms with van der Waals surface area (Å²) in [5.74, 6) is -0.926. The maximum atomic E-state index is 13.1. The van der Waals surface area contributed by atoms with E-state index in [9.17, 15) is 14.9 Å². The average Bonchev–Trinajstić information content (AvgIpc) is 3.39. The molecule has 0 fully saturated rings. The van der Waals surface area contributed by atoms with Gasteiger partial charge in [-0.25, -0.2) is 4.79 Å². The van der Waals surface area contributed by atoms with Crippen LogP contribution >= 0.6 is 11.3 Å². The molecule has 0 aliphatic heterocycles. The average molecular weight is 460 g/mol. The van der Waals surface area contributed by atoms with Crippen molar-refractivity contribution < 1.29 is 14.3 Å². The predicted octanol–water partition coefficient (Wildman–Crippen LogP) is 5.11. The lowest BCUT2D eigenvalue weighted by atomic mass is 9.97. The van der Waals surface area contributed by atoms with Crippen molar-refractivity contribution in [2.75, 3.05) is 11.9 Å². The Hall–Kier alpha value is -3.24. The van der Waals surface area contributed by atoms with Crippen LogP contribution < -0.4 is 5.32 Å². The third kappa shape index (κ3) is 4.23. The minimum Gasteiger partial charge on any atom is -0.452 e. The molecule has 0 saturated carbocycles. The van der Waals surface area contributed by atoms with Gasteiger partial charge in [-0.1, -0.05) is 31.0 Å². The van der Waals surface area contributed by atoms with Gasteiger partial charge in [-0.3, -0.25) is 9.78 Å². The Morgan fingerprint density at radius 3 is 2.67 bits per heavy atom. The minimum absolute atomic E-state index is 0.391. The zero-order chi connectivity index (χ0) is 22.8. The summed E-state index contributed by atoms with van der Waals surface area (Å²) in [6.07, 6.45) is 8.95. The van der Waals surface area contributed by atoms with E-state index in [0.717, 1.165) is 72.7 Å². The number of fused-ring (bicyclic) bond motifs is 3. The van der Waals surface area contributed by atoms with Crippen LogP contribution in [-0.4, -0.2) is 23.5 Å². The van der Waals surface area contributed by atoms with Crippen LogP contribution in [0.3, 0.4) is 0 Å². The number of nitriles is 1. The third-order valence-corrected chi connectivity index (χ3v) is 7.70. The molecular formula is C26H25N3O3S. The molecule has 7 heteroatoms. The highest BCUT2D eigenvalue weighted by Crippen LogP contribution is 2.36. The number of aryl methyl sites for hydroxylation is 2. The van der Waals surface area contributed by atoms with Crippen molar-refractivity contribution in [3.8, 4) is 6.07 Å². The van der Waals surface area contributed by atoms with Gasteiger partial charge >= 0.3 is 5.97 Å². The first kappa shape index (κ1) is 21.6. The number of hydrogen-bond acceptors (Lipinski definition) is 6. The van der Waals surface area contributed by atoms with Gasteiger partial charge in [0.1, 0.15) is 11.1 Å². The van der Waals surface area contributed by atoms with Gasteiger partial charge in [0.05, 0.1) is 16.6 Å². The molecule has 6 nitrogen and oxygen atoms in total. The van der Waals surface area contributed by atoms with Gasteiger partial charge in [0.15, 0.2) is 6.61 Å². The van der Waals surface area contributed by atoms with Crippen molar-refractivity contribution in [1.29, 1.82) is 5.26 Å². The van der Waals surface area contributed by atoms with Crippen LogP contribution in [0.2, 0.25) is 0 Å². The fraction of sp³-hybridized carbons (Fsp3) is 0.385. The molecule has 3 aromatic rings. The molecule has 2 aliphatic carbocycles. The summed E-state index contributed by atoms with van der Waals surface area (Å²) in [4.78, 5) is 31.6. The number of benzene rings is 1. The summed E-state index contributed by atoms with van der Waals surface area (Å²) in [6, 6.07) is 9.82. The van der Waals surface area contributed by atoms with Gasteiger partial charge in [0, 0.05) is 16.0 Å². The molecule has 2 aromatic heterocycles. The van der Waals surface area contributed by atoms with Gasteiger partial charge in [-0.15, -0.1) is 11.3 Å². The second-order valence-electron chi connectivity index (χ2n) is 8.64. The molecule has 1 amide bonds. The Kier molecular flexibility index (Phi) is 6.10. The molecule has 1 N–H and O–H groups in total. The molecule has 0 bridgehead atoms. The van der Waals surface area contributed by atoms with E-state index in [-0.39, 0.29) is 0 Å². The van der Waals surface area contributed by atoms with Gasteiger partial charge < -0.3 is 10.1 Å². The summed E-state index contributed by atoms with van der Waals surface area (Å²) in [7, 11) is 0. The van der Waals surface area contributed by atoms with Crippen molar-refractivity contribution in [3.63, 3.8) is 0 Å². The first-order valence-electron chi connectivity index (χ1n) is 11.6. The predicted molar refractivity (Wildman–Crippen MR) is 128 cm³/mol. The molecule has 0 radical (unpaired) electrons. The quantitative estimate of drug-likeness (QED) is 0.547. The Balaban J connectivity index is 1.33. The van der Waals surface area contributed by atoms with E-state index in [1.165, 1.54) is 29.1 Å². The van der Waals surface area contributed by atoms with Crippen LogP contribution in [0, 0.1) is 11.3 Å². The summed E-state index contributed by atoms with van der Waals surface area (Å²) < 4.78 is 5.45. The van der Waals surface area contributed by atoms with Gasteiger partial charge in [-0.05, 0) is 62.1 Å². The first-order valence-corrected chi connectivity index (χ1v) is 12.4. The number of hydrogen-bond donors (Lipinski definition) is 1. The van der Waals surface area contributed by atoms with Crippen LogP contribution in [0.15, 0.2) is 24.3 Å². The van der Waals surface area contributed by atoms with E-state index in [1.54, 1.807) is 0 Å². The summed E-state index contributed by atoms with van der Waals surface area (Å²) in [5, 5.41) is 13.9. The highest BCUT2D eigenvalue weighted by atomic mass is 32.1. The zero-order valence-corrected chi connectivity index (χ0v) is 19.2. The number of rotatable bonds is 4. The van der Waals surface area contributed by atoms with E-state index in [4.69, 9.17) is 9.72 Å². The fourth-order valence-electron chi connectivity index (χ4n) is 4.94. The second-order valence-corrected chi connectivity index (χ2v) is 9.75. The molecule has 0 atom stereocenters. The SMILES string of the molecule is N#Cc1c(NC(=O)COC(=O)c2c3c(nc4ccccc24)CCC3)sc2c1CCCCCC2. The summed E-state index contributed by atoms with van der Waals surface area (Å²) in [6.45, 7) is -0.391. The first-order chi connectivity index (χ1) is 16.2. The fourth-order valence-corrected chi connectivity index (χ4v) is 6.19. The van der Waals surface area contributed by atoms with Crippen molar-refractivity contribution in [2.24, 2.45) is 0 Å². The highest BCUT2D eigenvalue weighted by molar-refractivity contribution is 7.16. The third-order valence-electron chi connectivity index (χ3n) is 6.49. The number of carbonyl (C=O) groups is 2. The van der Waals surface area contributed by atoms with Crippen molar-refractivity contribution in [3.05, 3.63) is 57.1 Å². The molecule has 2 aliphatic rings. The van der Waals surface area contributed by atoms with Crippen molar-refractivity contribution in [2.45, 2.75) is 57.8 Å². The molecule has 0 unspecified atom stereocenters. The zero-order valence-electron chi connectivity index (χ0n) is 18.4. The highest BCUT2D eigenvalue weighted by Gasteiger charge is 2.26. The molecule has 0 saturated heterocycles. The van der Waals surface area contributed by atoms with Gasteiger partial charge in [0.2, 0.25) is 0 Å². The molecule has 33 heavy (non-hydrogen) atoms. The number of anilines is 1. The van der Waals surface area contributed by atoms with E-state index >= 15 is 0 Å². The number of carbonyl (C=O) groups excluding carboxylic acids is 2. The van der Waals surface area contributed by atoms with Gasteiger partial charge in [0.25, 0.3) is 5.91 Å². The normalized spacial score (nSPS) is 15.1. The molecule has 5 rings (SSSR count). The van der Waals surface area contributed by atoms with Crippen LogP contribution in [-0.2, 0) is 35.2 Å². The number of esters is 1. The lowest BCUT2D eigenvalue weighted by Gasteiger charge is -2.12. The summed E-state index contributed by atoms with van der Waals surface area (Å²) >= 11 is 1.48. The number of ether oxygens (including phenoxy) is 1.